The molecule has 8 heteroatoms. The Bertz CT molecular complexity index is 1060. The van der Waals surface area contributed by atoms with Crippen molar-refractivity contribution in [1.82, 2.24) is 9.21 Å². The first-order valence-electron chi connectivity index (χ1n) is 10.5. The molecule has 0 unspecified atom stereocenters. The fraction of sp³-hybridized carbons (Fsp3) is 0.435. The summed E-state index contributed by atoms with van der Waals surface area (Å²) in [6, 6.07) is 13.3. The van der Waals surface area contributed by atoms with Gasteiger partial charge < -0.3 is 4.74 Å². The summed E-state index contributed by atoms with van der Waals surface area (Å²) in [7, 11) is -3.86. The first-order chi connectivity index (χ1) is 14.8. The molecule has 2 aliphatic rings. The quantitative estimate of drug-likeness (QED) is 0.722. The fourth-order valence-corrected chi connectivity index (χ4v) is 6.11. The van der Waals surface area contributed by atoms with E-state index in [0.717, 1.165) is 0 Å². The van der Waals surface area contributed by atoms with Crippen molar-refractivity contribution >= 4 is 15.8 Å². The summed E-state index contributed by atoms with van der Waals surface area (Å²) in [6.45, 7) is 3.78. The predicted molar refractivity (Wildman–Crippen MR) is 115 cm³/mol. The van der Waals surface area contributed by atoms with E-state index in [1.54, 1.807) is 30.3 Å². The molecule has 166 valence electrons. The Kier molecular flexibility index (Phi) is 6.14. The molecule has 2 aromatic rings. The summed E-state index contributed by atoms with van der Waals surface area (Å²) in [6.07, 6.45) is 1.40. The molecule has 31 heavy (non-hydrogen) atoms. The number of rotatable bonds is 4. The molecule has 0 radical (unpaired) electrons. The van der Waals surface area contributed by atoms with E-state index in [1.165, 1.54) is 23.4 Å². The lowest BCUT2D eigenvalue weighted by Gasteiger charge is -2.44. The second-order valence-electron chi connectivity index (χ2n) is 8.58. The summed E-state index contributed by atoms with van der Waals surface area (Å²) < 4.78 is 48.0. The Labute approximate surface area is 182 Å². The van der Waals surface area contributed by atoms with Crippen LogP contribution in [-0.2, 0) is 21.4 Å². The molecule has 0 bridgehead atoms. The van der Waals surface area contributed by atoms with Crippen molar-refractivity contribution in [3.05, 3.63) is 59.9 Å². The fourth-order valence-electron chi connectivity index (χ4n) is 4.40. The van der Waals surface area contributed by atoms with Crippen LogP contribution in [0.3, 0.4) is 0 Å². The molecule has 0 aliphatic carbocycles. The molecule has 4 rings (SSSR count). The molecule has 0 amide bonds. The first kappa shape index (κ1) is 21.9. The minimum Gasteiger partial charge on any atom is -0.492 e. The lowest BCUT2D eigenvalue weighted by Crippen LogP contribution is -2.52. The van der Waals surface area contributed by atoms with Crippen molar-refractivity contribution in [3.8, 4) is 5.75 Å². The molecule has 1 saturated heterocycles. The van der Waals surface area contributed by atoms with Crippen LogP contribution in [0.1, 0.15) is 25.3 Å². The Hall–Kier alpha value is -2.29. The van der Waals surface area contributed by atoms with E-state index in [4.69, 9.17) is 4.74 Å². The van der Waals surface area contributed by atoms with Gasteiger partial charge in [0.2, 0.25) is 10.0 Å². The zero-order valence-corrected chi connectivity index (χ0v) is 18.4. The number of hydrogen-bond donors (Lipinski definition) is 0. The highest BCUT2D eigenvalue weighted by Crippen LogP contribution is 2.39. The van der Waals surface area contributed by atoms with Crippen LogP contribution in [0.2, 0.25) is 0 Å². The van der Waals surface area contributed by atoms with Crippen LogP contribution >= 0.6 is 0 Å². The number of para-hydroxylation sites is 1. The first-order valence-corrected chi connectivity index (χ1v) is 11.9. The van der Waals surface area contributed by atoms with Gasteiger partial charge >= 0.3 is 0 Å². The number of benzene rings is 2. The van der Waals surface area contributed by atoms with Crippen molar-refractivity contribution in [2.24, 2.45) is 5.41 Å². The maximum atomic E-state index is 14.0. The van der Waals surface area contributed by atoms with Crippen LogP contribution in [0.5, 0.6) is 5.75 Å². The Morgan fingerprint density at radius 3 is 2.48 bits per heavy atom. The number of Topliss-reactive ketones (excluding diaryl/α,β-unsaturated/α-hetero) is 1. The number of fused-ring (bicyclic) bond motifs is 1. The van der Waals surface area contributed by atoms with Gasteiger partial charge in [0.25, 0.3) is 0 Å². The highest BCUT2D eigenvalue weighted by molar-refractivity contribution is 7.89. The van der Waals surface area contributed by atoms with Crippen LogP contribution in [0.25, 0.3) is 0 Å². The standard InChI is InChI=1S/C23H27FN2O4S/c1-18(27)14-26-16-23(17-30-21-8-4-5-9-22(21)31(26,28)29)10-12-25(13-11-23)15-19-6-2-3-7-20(19)24/h2-9H,10-17H2,1H3. The van der Waals surface area contributed by atoms with E-state index in [0.29, 0.717) is 50.4 Å². The number of piperidine rings is 1. The molecule has 6 nitrogen and oxygen atoms in total. The lowest BCUT2D eigenvalue weighted by atomic mass is 9.78. The summed E-state index contributed by atoms with van der Waals surface area (Å²) in [5, 5.41) is 0. The van der Waals surface area contributed by atoms with Crippen LogP contribution in [-0.4, -0.2) is 56.2 Å². The van der Waals surface area contributed by atoms with Crippen molar-refractivity contribution < 1.29 is 22.3 Å². The second kappa shape index (κ2) is 8.68. The number of sulfonamides is 1. The molecular weight excluding hydrogens is 419 g/mol. The normalized spacial score (nSPS) is 21.0. The van der Waals surface area contributed by atoms with Crippen LogP contribution in [0.4, 0.5) is 4.39 Å². The van der Waals surface area contributed by atoms with Gasteiger partial charge in [0.1, 0.15) is 22.2 Å². The monoisotopic (exact) mass is 446 g/mol. The summed E-state index contributed by atoms with van der Waals surface area (Å²) in [5.41, 5.74) is 0.254. The van der Waals surface area contributed by atoms with Gasteiger partial charge in [0, 0.05) is 24.1 Å². The van der Waals surface area contributed by atoms with Gasteiger partial charge in [-0.1, -0.05) is 30.3 Å². The SMILES string of the molecule is CC(=O)CN1CC2(CCN(Cc3ccccc3F)CC2)COc2ccccc2S1(=O)=O. The van der Waals surface area contributed by atoms with Crippen molar-refractivity contribution in [2.75, 3.05) is 32.8 Å². The number of carbonyl (C=O) groups excluding carboxylic acids is 1. The van der Waals surface area contributed by atoms with Crippen molar-refractivity contribution in [1.29, 1.82) is 0 Å². The third-order valence-corrected chi connectivity index (χ3v) is 8.01. The minimum absolute atomic E-state index is 0.100. The molecular formula is C23H27FN2O4S. The highest BCUT2D eigenvalue weighted by Gasteiger charge is 2.43. The van der Waals surface area contributed by atoms with Gasteiger partial charge in [-0.25, -0.2) is 12.8 Å². The molecule has 1 spiro atoms. The molecule has 2 heterocycles. The highest BCUT2D eigenvalue weighted by atomic mass is 32.2. The predicted octanol–water partition coefficient (Wildman–Crippen LogP) is 3.08. The maximum Gasteiger partial charge on any atom is 0.247 e. The molecule has 2 aliphatic heterocycles. The molecule has 0 atom stereocenters. The van der Waals surface area contributed by atoms with Gasteiger partial charge in [0.15, 0.2) is 0 Å². The second-order valence-corrected chi connectivity index (χ2v) is 10.5. The number of carbonyl (C=O) groups is 1. The molecule has 0 N–H and O–H groups in total. The lowest BCUT2D eigenvalue weighted by molar-refractivity contribution is -0.117. The molecule has 0 saturated carbocycles. The number of hydrogen-bond acceptors (Lipinski definition) is 5. The topological polar surface area (TPSA) is 66.9 Å². The van der Waals surface area contributed by atoms with Crippen molar-refractivity contribution in [2.45, 2.75) is 31.2 Å². The van der Waals surface area contributed by atoms with E-state index < -0.39 is 15.4 Å². The van der Waals surface area contributed by atoms with Gasteiger partial charge in [-0.05, 0) is 51.1 Å². The number of likely N-dealkylation sites (tertiary alicyclic amines) is 1. The van der Waals surface area contributed by atoms with Gasteiger partial charge in [-0.3, -0.25) is 9.69 Å². The third kappa shape index (κ3) is 4.66. The van der Waals surface area contributed by atoms with Crippen LogP contribution in [0.15, 0.2) is 53.4 Å². The smallest absolute Gasteiger partial charge is 0.247 e. The number of ketones is 1. The Morgan fingerprint density at radius 1 is 1.10 bits per heavy atom. The van der Waals surface area contributed by atoms with Gasteiger partial charge in [-0.15, -0.1) is 0 Å². The van der Waals surface area contributed by atoms with Gasteiger partial charge in [-0.2, -0.15) is 4.31 Å². The van der Waals surface area contributed by atoms with Gasteiger partial charge in [0.05, 0.1) is 13.2 Å². The maximum absolute atomic E-state index is 14.0. The van der Waals surface area contributed by atoms with E-state index in [2.05, 4.69) is 4.90 Å². The zero-order chi connectivity index (χ0) is 22.1. The average molecular weight is 447 g/mol. The van der Waals surface area contributed by atoms with E-state index in [1.807, 2.05) is 6.07 Å². The number of halogens is 1. The average Bonchev–Trinajstić information content (AvgIpc) is 2.74. The summed E-state index contributed by atoms with van der Waals surface area (Å²) >= 11 is 0. The third-order valence-electron chi connectivity index (χ3n) is 6.18. The van der Waals surface area contributed by atoms with Crippen LogP contribution < -0.4 is 4.74 Å². The zero-order valence-electron chi connectivity index (χ0n) is 17.6. The molecule has 0 aromatic heterocycles. The molecule has 1 fully saturated rings. The van der Waals surface area contributed by atoms with E-state index in [9.17, 15) is 17.6 Å². The van der Waals surface area contributed by atoms with Crippen LogP contribution in [0, 0.1) is 11.2 Å². The Morgan fingerprint density at radius 2 is 1.77 bits per heavy atom. The van der Waals surface area contributed by atoms with Crippen molar-refractivity contribution in [3.63, 3.8) is 0 Å². The number of ether oxygens (including phenoxy) is 1. The molecule has 2 aromatic carbocycles. The largest absolute Gasteiger partial charge is 0.492 e. The Balaban J connectivity index is 1.56. The van der Waals surface area contributed by atoms with E-state index >= 15 is 0 Å². The summed E-state index contributed by atoms with van der Waals surface area (Å²) in [5.74, 6) is -0.0917. The number of nitrogens with zero attached hydrogens (tertiary/aromatic N) is 2. The minimum atomic E-state index is -3.86. The van der Waals surface area contributed by atoms with E-state index in [-0.39, 0.29) is 29.6 Å². The summed E-state index contributed by atoms with van der Waals surface area (Å²) in [4.78, 5) is 14.2.